The molecule has 2 aromatic rings. The highest BCUT2D eigenvalue weighted by Crippen LogP contribution is 2.32. The minimum absolute atomic E-state index is 0.651. The number of aromatic nitrogens is 1. The van der Waals surface area contributed by atoms with Crippen molar-refractivity contribution in [2.24, 2.45) is 5.92 Å². The predicted octanol–water partition coefficient (Wildman–Crippen LogP) is 4.15. The fourth-order valence-electron chi connectivity index (χ4n) is 2.88. The van der Waals surface area contributed by atoms with Gasteiger partial charge in [0.1, 0.15) is 0 Å². The molecule has 0 bridgehead atoms. The van der Waals surface area contributed by atoms with Crippen LogP contribution in [0, 0.1) is 12.8 Å². The largest absolute Gasteiger partial charge is 0.371 e. The number of hydrogen-bond acceptors (Lipinski definition) is 2. The molecule has 2 atom stereocenters. The normalized spacial score (nSPS) is 23.8. The zero-order chi connectivity index (χ0) is 13.4. The van der Waals surface area contributed by atoms with Gasteiger partial charge in [-0.05, 0) is 31.4 Å². The highest BCUT2D eigenvalue weighted by atomic mass is 79.9. The first kappa shape index (κ1) is 12.9. The molecule has 1 aromatic carbocycles. The van der Waals surface area contributed by atoms with E-state index in [-0.39, 0.29) is 0 Å². The van der Waals surface area contributed by atoms with Gasteiger partial charge in [-0.25, -0.2) is 0 Å². The molecular formula is C16H19BrN2. The lowest BCUT2D eigenvalue weighted by Crippen LogP contribution is -2.39. The van der Waals surface area contributed by atoms with Gasteiger partial charge < -0.3 is 4.90 Å². The van der Waals surface area contributed by atoms with E-state index < -0.39 is 0 Å². The average molecular weight is 319 g/mol. The zero-order valence-corrected chi connectivity index (χ0v) is 13.0. The first-order valence-electron chi connectivity index (χ1n) is 6.90. The van der Waals surface area contributed by atoms with Gasteiger partial charge in [0.25, 0.3) is 0 Å². The van der Waals surface area contributed by atoms with E-state index in [1.807, 2.05) is 0 Å². The van der Waals surface area contributed by atoms with Crippen molar-refractivity contribution in [1.82, 2.24) is 4.98 Å². The number of aryl methyl sites for hydroxylation is 1. The van der Waals surface area contributed by atoms with Crippen LogP contribution in [0.15, 0.2) is 30.3 Å². The highest BCUT2D eigenvalue weighted by Gasteiger charge is 2.25. The van der Waals surface area contributed by atoms with Crippen molar-refractivity contribution < 1.29 is 0 Å². The monoisotopic (exact) mass is 318 g/mol. The molecule has 3 rings (SSSR count). The Labute approximate surface area is 123 Å². The summed E-state index contributed by atoms with van der Waals surface area (Å²) in [5, 5.41) is 1.27. The van der Waals surface area contributed by atoms with Crippen molar-refractivity contribution in [3.05, 3.63) is 36.0 Å². The number of hydrogen-bond donors (Lipinski definition) is 0. The number of benzene rings is 1. The Hall–Kier alpha value is -1.09. The molecule has 2 heterocycles. The number of nitrogens with zero attached hydrogens (tertiary/aromatic N) is 2. The molecule has 0 spiro atoms. The van der Waals surface area contributed by atoms with Crippen LogP contribution >= 0.6 is 15.9 Å². The van der Waals surface area contributed by atoms with Gasteiger partial charge in [-0.3, -0.25) is 4.98 Å². The SMILES string of the molecule is Cc1cc(N2CCC(Br)C(C)C2)c2ccccc2n1. The quantitative estimate of drug-likeness (QED) is 0.734. The van der Waals surface area contributed by atoms with Gasteiger partial charge in [-0.15, -0.1) is 0 Å². The van der Waals surface area contributed by atoms with Crippen LogP contribution in [0.4, 0.5) is 5.69 Å². The van der Waals surface area contributed by atoms with E-state index >= 15 is 0 Å². The molecular weight excluding hydrogens is 300 g/mol. The summed E-state index contributed by atoms with van der Waals surface area (Å²) in [6.45, 7) is 6.63. The Kier molecular flexibility index (Phi) is 3.48. The topological polar surface area (TPSA) is 16.1 Å². The molecule has 3 heteroatoms. The summed E-state index contributed by atoms with van der Waals surface area (Å²) in [5.74, 6) is 0.681. The maximum absolute atomic E-state index is 4.63. The summed E-state index contributed by atoms with van der Waals surface area (Å²) in [6.07, 6.45) is 1.21. The molecule has 0 radical (unpaired) electrons. The Morgan fingerprint density at radius 3 is 2.89 bits per heavy atom. The van der Waals surface area contributed by atoms with E-state index in [0.717, 1.165) is 24.3 Å². The summed E-state index contributed by atoms with van der Waals surface area (Å²) in [7, 11) is 0. The smallest absolute Gasteiger partial charge is 0.0726 e. The van der Waals surface area contributed by atoms with Crippen LogP contribution in [0.1, 0.15) is 19.0 Å². The lowest BCUT2D eigenvalue weighted by Gasteiger charge is -2.36. The zero-order valence-electron chi connectivity index (χ0n) is 11.4. The van der Waals surface area contributed by atoms with Crippen LogP contribution in [0.3, 0.4) is 0 Å². The summed E-state index contributed by atoms with van der Waals surface area (Å²) >= 11 is 3.78. The van der Waals surface area contributed by atoms with Gasteiger partial charge in [0.2, 0.25) is 0 Å². The molecule has 1 saturated heterocycles. The number of halogens is 1. The first-order chi connectivity index (χ1) is 9.15. The van der Waals surface area contributed by atoms with Crippen LogP contribution in [0.2, 0.25) is 0 Å². The third kappa shape index (κ3) is 2.48. The first-order valence-corrected chi connectivity index (χ1v) is 7.82. The van der Waals surface area contributed by atoms with Gasteiger partial charge >= 0.3 is 0 Å². The lowest BCUT2D eigenvalue weighted by atomic mass is 9.98. The Morgan fingerprint density at radius 2 is 2.11 bits per heavy atom. The summed E-state index contributed by atoms with van der Waals surface area (Å²) in [5.41, 5.74) is 3.54. The van der Waals surface area contributed by atoms with E-state index in [1.54, 1.807) is 0 Å². The Bertz CT molecular complexity index is 596. The minimum atomic E-state index is 0.651. The second-order valence-electron chi connectivity index (χ2n) is 5.53. The summed E-state index contributed by atoms with van der Waals surface area (Å²) in [4.78, 5) is 7.79. The summed E-state index contributed by atoms with van der Waals surface area (Å²) < 4.78 is 0. The number of fused-ring (bicyclic) bond motifs is 1. The second kappa shape index (κ2) is 5.12. The van der Waals surface area contributed by atoms with Crippen LogP contribution < -0.4 is 4.90 Å². The van der Waals surface area contributed by atoms with Crippen molar-refractivity contribution in [1.29, 1.82) is 0 Å². The second-order valence-corrected chi connectivity index (χ2v) is 6.70. The standard InChI is InChI=1S/C16H19BrN2/c1-11-10-19(8-7-14(11)17)16-9-12(2)18-15-6-4-3-5-13(15)16/h3-6,9,11,14H,7-8,10H2,1-2H3. The molecule has 2 unspecified atom stereocenters. The van der Waals surface area contributed by atoms with Crippen LogP contribution in [0.5, 0.6) is 0 Å². The predicted molar refractivity (Wildman–Crippen MR) is 85.2 cm³/mol. The molecule has 0 saturated carbocycles. The molecule has 1 aliphatic heterocycles. The number of anilines is 1. The molecule has 0 amide bonds. The van der Waals surface area contributed by atoms with Gasteiger partial charge in [0.05, 0.1) is 5.52 Å². The Morgan fingerprint density at radius 1 is 1.32 bits per heavy atom. The molecule has 0 aliphatic carbocycles. The minimum Gasteiger partial charge on any atom is -0.371 e. The van der Waals surface area contributed by atoms with Gasteiger partial charge in [-0.1, -0.05) is 41.1 Å². The van der Waals surface area contributed by atoms with Gasteiger partial charge in [0, 0.05) is 34.7 Å². The molecule has 2 nitrogen and oxygen atoms in total. The lowest BCUT2D eigenvalue weighted by molar-refractivity contribution is 0.467. The van der Waals surface area contributed by atoms with Gasteiger partial charge in [-0.2, -0.15) is 0 Å². The van der Waals surface area contributed by atoms with E-state index in [2.05, 4.69) is 70.0 Å². The third-order valence-corrected chi connectivity index (χ3v) is 5.32. The molecule has 0 N–H and O–H groups in total. The van der Waals surface area contributed by atoms with Crippen molar-refractivity contribution in [2.45, 2.75) is 25.1 Å². The molecule has 1 aliphatic rings. The van der Waals surface area contributed by atoms with Crippen LogP contribution in [-0.2, 0) is 0 Å². The highest BCUT2D eigenvalue weighted by molar-refractivity contribution is 9.09. The third-order valence-electron chi connectivity index (χ3n) is 3.96. The fourth-order valence-corrected chi connectivity index (χ4v) is 3.25. The van der Waals surface area contributed by atoms with E-state index in [9.17, 15) is 0 Å². The number of piperidine rings is 1. The van der Waals surface area contributed by atoms with Crippen LogP contribution in [-0.4, -0.2) is 22.9 Å². The van der Waals surface area contributed by atoms with Crippen LogP contribution in [0.25, 0.3) is 10.9 Å². The van der Waals surface area contributed by atoms with E-state index in [0.29, 0.717) is 10.7 Å². The Balaban J connectivity index is 2.05. The number of alkyl halides is 1. The number of rotatable bonds is 1. The van der Waals surface area contributed by atoms with E-state index in [1.165, 1.54) is 17.5 Å². The molecule has 19 heavy (non-hydrogen) atoms. The number of pyridine rings is 1. The molecule has 100 valence electrons. The maximum atomic E-state index is 4.63. The van der Waals surface area contributed by atoms with E-state index in [4.69, 9.17) is 0 Å². The van der Waals surface area contributed by atoms with Crippen molar-refractivity contribution in [3.63, 3.8) is 0 Å². The average Bonchev–Trinajstić information content (AvgIpc) is 2.41. The molecule has 1 fully saturated rings. The van der Waals surface area contributed by atoms with Crippen molar-refractivity contribution in [2.75, 3.05) is 18.0 Å². The van der Waals surface area contributed by atoms with Crippen molar-refractivity contribution in [3.8, 4) is 0 Å². The number of para-hydroxylation sites is 1. The molecule has 1 aromatic heterocycles. The maximum Gasteiger partial charge on any atom is 0.0726 e. The van der Waals surface area contributed by atoms with Crippen molar-refractivity contribution >= 4 is 32.5 Å². The van der Waals surface area contributed by atoms with Gasteiger partial charge in [0.15, 0.2) is 0 Å². The fraction of sp³-hybridized carbons (Fsp3) is 0.438. The summed E-state index contributed by atoms with van der Waals surface area (Å²) in [6, 6.07) is 10.7.